The number of hydrogen-bond acceptors (Lipinski definition) is 3. The number of allylic oxidation sites excluding steroid dienone is 1. The highest BCUT2D eigenvalue weighted by Crippen LogP contribution is 2.19. The monoisotopic (exact) mass is 287 g/mol. The summed E-state index contributed by atoms with van der Waals surface area (Å²) in [6, 6.07) is 9.55. The summed E-state index contributed by atoms with van der Waals surface area (Å²) in [6.07, 6.45) is 3.33. The molecule has 1 atom stereocenters. The van der Waals surface area contributed by atoms with Crippen LogP contribution < -0.4 is 0 Å². The van der Waals surface area contributed by atoms with Crippen LogP contribution in [0.25, 0.3) is 0 Å². The molecule has 4 nitrogen and oxygen atoms in total. The van der Waals surface area contributed by atoms with Crippen molar-refractivity contribution in [1.29, 1.82) is 0 Å². The van der Waals surface area contributed by atoms with E-state index in [4.69, 9.17) is 4.74 Å². The lowest BCUT2D eigenvalue weighted by molar-refractivity contribution is -0.124. The van der Waals surface area contributed by atoms with Gasteiger partial charge in [-0.05, 0) is 17.4 Å². The predicted octanol–water partition coefficient (Wildman–Crippen LogP) is 3.18. The van der Waals surface area contributed by atoms with Gasteiger partial charge in [-0.2, -0.15) is 0 Å². The Balaban J connectivity index is 2.10. The third-order valence-electron chi connectivity index (χ3n) is 3.24. The molecule has 1 heterocycles. The summed E-state index contributed by atoms with van der Waals surface area (Å²) in [5, 5.41) is 0. The zero-order valence-corrected chi connectivity index (χ0v) is 12.7. The molecule has 112 valence electrons. The Morgan fingerprint density at radius 1 is 1.33 bits per heavy atom. The fourth-order valence-corrected chi connectivity index (χ4v) is 2.17. The molecule has 0 aliphatic carbocycles. The molecule has 0 aromatic heterocycles. The molecule has 0 N–H and O–H groups in total. The van der Waals surface area contributed by atoms with Crippen molar-refractivity contribution in [3.63, 3.8) is 0 Å². The number of hydrogen-bond donors (Lipinski definition) is 0. The molecule has 0 spiro atoms. The highest BCUT2D eigenvalue weighted by molar-refractivity contribution is 5.99. The van der Waals surface area contributed by atoms with E-state index in [0.717, 1.165) is 5.56 Å². The molecular formula is C17H21NO3. The first-order valence-corrected chi connectivity index (χ1v) is 7.10. The Labute approximate surface area is 125 Å². The van der Waals surface area contributed by atoms with Gasteiger partial charge in [0.25, 0.3) is 5.91 Å². The second-order valence-corrected chi connectivity index (χ2v) is 6.33. The van der Waals surface area contributed by atoms with E-state index >= 15 is 0 Å². The fourth-order valence-electron chi connectivity index (χ4n) is 2.17. The summed E-state index contributed by atoms with van der Waals surface area (Å²) in [5.41, 5.74) is 0.979. The van der Waals surface area contributed by atoms with Crippen LogP contribution in [0.1, 0.15) is 26.3 Å². The molecule has 4 heteroatoms. The smallest absolute Gasteiger partial charge is 0.417 e. The number of cyclic esters (lactones) is 1. The van der Waals surface area contributed by atoms with Gasteiger partial charge in [0.2, 0.25) is 0 Å². The van der Waals surface area contributed by atoms with Crippen LogP contribution in [0.3, 0.4) is 0 Å². The number of carbonyl (C=O) groups excluding carboxylic acids is 2. The van der Waals surface area contributed by atoms with E-state index in [-0.39, 0.29) is 24.0 Å². The molecular weight excluding hydrogens is 266 g/mol. The van der Waals surface area contributed by atoms with Crippen molar-refractivity contribution >= 4 is 12.0 Å². The number of benzene rings is 1. The summed E-state index contributed by atoms with van der Waals surface area (Å²) >= 11 is 0. The van der Waals surface area contributed by atoms with E-state index in [1.165, 1.54) is 11.0 Å². The van der Waals surface area contributed by atoms with Gasteiger partial charge in [-0.25, -0.2) is 9.69 Å². The van der Waals surface area contributed by atoms with Crippen LogP contribution in [-0.2, 0) is 16.0 Å². The van der Waals surface area contributed by atoms with Gasteiger partial charge in [0.05, 0.1) is 6.04 Å². The maximum atomic E-state index is 12.2. The number of ether oxygens (including phenoxy) is 1. The van der Waals surface area contributed by atoms with Crippen LogP contribution in [0.15, 0.2) is 42.5 Å². The molecule has 1 fully saturated rings. The second-order valence-electron chi connectivity index (χ2n) is 6.33. The predicted molar refractivity (Wildman–Crippen MR) is 80.7 cm³/mol. The molecule has 1 aliphatic heterocycles. The average molecular weight is 287 g/mol. The van der Waals surface area contributed by atoms with Crippen LogP contribution in [-0.4, -0.2) is 29.5 Å². The van der Waals surface area contributed by atoms with E-state index in [9.17, 15) is 9.59 Å². The molecule has 1 aromatic carbocycles. The Bertz CT molecular complexity index is 543. The minimum Gasteiger partial charge on any atom is -0.447 e. The van der Waals surface area contributed by atoms with Crippen molar-refractivity contribution < 1.29 is 14.3 Å². The average Bonchev–Trinajstić information content (AvgIpc) is 2.77. The lowest BCUT2D eigenvalue weighted by atomic mass is 9.96. The molecule has 2 amide bonds. The van der Waals surface area contributed by atoms with Crippen LogP contribution in [0.2, 0.25) is 0 Å². The van der Waals surface area contributed by atoms with Crippen molar-refractivity contribution in [3.05, 3.63) is 48.0 Å². The van der Waals surface area contributed by atoms with Gasteiger partial charge in [0.15, 0.2) is 0 Å². The summed E-state index contributed by atoms with van der Waals surface area (Å²) in [5.74, 6) is -0.312. The third kappa shape index (κ3) is 4.18. The first kappa shape index (κ1) is 15.3. The van der Waals surface area contributed by atoms with E-state index < -0.39 is 6.09 Å². The Kier molecular flexibility index (Phi) is 4.46. The second kappa shape index (κ2) is 6.12. The van der Waals surface area contributed by atoms with Crippen molar-refractivity contribution in [1.82, 2.24) is 4.90 Å². The van der Waals surface area contributed by atoms with Gasteiger partial charge >= 0.3 is 6.09 Å². The highest BCUT2D eigenvalue weighted by atomic mass is 16.6. The van der Waals surface area contributed by atoms with Crippen LogP contribution in [0.4, 0.5) is 4.79 Å². The largest absolute Gasteiger partial charge is 0.447 e. The maximum Gasteiger partial charge on any atom is 0.417 e. The van der Waals surface area contributed by atoms with Crippen molar-refractivity contribution in [2.45, 2.75) is 33.2 Å². The molecule has 2 rings (SSSR count). The van der Waals surface area contributed by atoms with E-state index in [2.05, 4.69) is 0 Å². The molecule has 1 aliphatic rings. The van der Waals surface area contributed by atoms with E-state index in [0.29, 0.717) is 6.42 Å². The molecule has 0 radical (unpaired) electrons. The Morgan fingerprint density at radius 3 is 2.62 bits per heavy atom. The number of imide groups is 1. The molecule has 1 aromatic rings. The summed E-state index contributed by atoms with van der Waals surface area (Å²) < 4.78 is 5.04. The van der Waals surface area contributed by atoms with E-state index in [1.54, 1.807) is 6.08 Å². The highest BCUT2D eigenvalue weighted by Gasteiger charge is 2.36. The van der Waals surface area contributed by atoms with Gasteiger partial charge in [0.1, 0.15) is 6.61 Å². The van der Waals surface area contributed by atoms with E-state index in [1.807, 2.05) is 51.1 Å². The standard InChI is InChI=1S/C17H21NO3/c1-17(2,3)10-9-15(19)18-14(12-21-16(18)20)11-13-7-5-4-6-8-13/h4-10,14H,11-12H2,1-3H3/b10-9+. The fraction of sp³-hybridized carbons (Fsp3) is 0.412. The van der Waals surface area contributed by atoms with Gasteiger partial charge < -0.3 is 4.74 Å². The zero-order chi connectivity index (χ0) is 15.5. The lowest BCUT2D eigenvalue weighted by Gasteiger charge is -2.19. The molecule has 1 unspecified atom stereocenters. The number of amides is 2. The molecule has 21 heavy (non-hydrogen) atoms. The first-order chi connectivity index (χ1) is 9.87. The van der Waals surface area contributed by atoms with Gasteiger partial charge in [0, 0.05) is 6.08 Å². The zero-order valence-electron chi connectivity index (χ0n) is 12.7. The number of carbonyl (C=O) groups is 2. The van der Waals surface area contributed by atoms with Gasteiger partial charge in [-0.3, -0.25) is 4.79 Å². The lowest BCUT2D eigenvalue weighted by Crippen LogP contribution is -2.39. The minimum absolute atomic E-state index is 0.103. The quantitative estimate of drug-likeness (QED) is 0.802. The summed E-state index contributed by atoms with van der Waals surface area (Å²) in [4.78, 5) is 25.2. The third-order valence-corrected chi connectivity index (χ3v) is 3.24. The van der Waals surface area contributed by atoms with Gasteiger partial charge in [-0.1, -0.05) is 57.2 Å². The van der Waals surface area contributed by atoms with Crippen molar-refractivity contribution in [3.8, 4) is 0 Å². The summed E-state index contributed by atoms with van der Waals surface area (Å²) in [7, 11) is 0. The Hall–Kier alpha value is -2.10. The van der Waals surface area contributed by atoms with Crippen LogP contribution >= 0.6 is 0 Å². The maximum absolute atomic E-state index is 12.2. The van der Waals surface area contributed by atoms with Crippen LogP contribution in [0, 0.1) is 5.41 Å². The number of rotatable bonds is 3. The van der Waals surface area contributed by atoms with Gasteiger partial charge in [-0.15, -0.1) is 0 Å². The topological polar surface area (TPSA) is 46.6 Å². The first-order valence-electron chi connectivity index (χ1n) is 7.10. The number of nitrogens with zero attached hydrogens (tertiary/aromatic N) is 1. The van der Waals surface area contributed by atoms with Crippen LogP contribution in [0.5, 0.6) is 0 Å². The SMILES string of the molecule is CC(C)(C)/C=C/C(=O)N1C(=O)OCC1Cc1ccccc1. The Morgan fingerprint density at radius 2 is 2.00 bits per heavy atom. The molecule has 0 saturated carbocycles. The normalized spacial score (nSPS) is 19.1. The molecule has 0 bridgehead atoms. The minimum atomic E-state index is -0.556. The van der Waals surface area contributed by atoms with Crippen molar-refractivity contribution in [2.24, 2.45) is 5.41 Å². The van der Waals surface area contributed by atoms with Crippen molar-refractivity contribution in [2.75, 3.05) is 6.61 Å². The molecule has 1 saturated heterocycles. The summed E-state index contributed by atoms with van der Waals surface area (Å²) in [6.45, 7) is 6.25.